The largest absolute Gasteiger partial charge is 0.481 e. The summed E-state index contributed by atoms with van der Waals surface area (Å²) in [6.07, 6.45) is -12.0. The van der Waals surface area contributed by atoms with Crippen molar-refractivity contribution in [2.75, 3.05) is 6.54 Å². The number of hydrogen-bond acceptors (Lipinski definition) is 19. The zero-order valence-electron chi connectivity index (χ0n) is 40.7. The smallest absolute Gasteiger partial charge is 0.328 e. The van der Waals surface area contributed by atoms with E-state index in [1.54, 1.807) is 0 Å². The van der Waals surface area contributed by atoms with Crippen LogP contribution < -0.4 is 71.2 Å². The van der Waals surface area contributed by atoms with Crippen LogP contribution in [0.4, 0.5) is 0 Å². The van der Waals surface area contributed by atoms with Gasteiger partial charge in [-0.1, -0.05) is 0 Å². The molecule has 12 atom stereocenters. The number of nitrogens with one attached hydrogen (secondary N) is 8. The fourth-order valence-corrected chi connectivity index (χ4v) is 6.18. The SMILES string of the molecule is C[C@@H](O)[C@H](N)C(=O)N[C@@H](CC(=O)O)C(=O)N[C@@H](CCC(=O)O)C(=O)N[C@@H](CC(N)=O)C(=O)N[C@@H](CC(=O)O)C(=O)N[C@H](C(=O)N[C@@H](CCC(N)=O)C(=O)N[C@@H](CCCN=C(N)N)C(=O)N[C@H](C(=O)O)[C@@H](C)O)[C@@H](C)O. The van der Waals surface area contributed by atoms with Crippen LogP contribution in [0.5, 0.6) is 0 Å². The fraction of sp³-hybridized carbons (Fsp3) is 0.625. The lowest BCUT2D eigenvalue weighted by molar-refractivity contribution is -0.145. The van der Waals surface area contributed by atoms with E-state index in [2.05, 4.69) is 15.6 Å². The Morgan fingerprint density at radius 3 is 1.16 bits per heavy atom. The second-order valence-electron chi connectivity index (χ2n) is 16.7. The third-order valence-electron chi connectivity index (χ3n) is 10.2. The van der Waals surface area contributed by atoms with Crippen LogP contribution in [0.1, 0.15) is 78.6 Å². The fourth-order valence-electron chi connectivity index (χ4n) is 6.18. The number of nitrogens with zero attached hydrogens (tertiary/aromatic N) is 1. The van der Waals surface area contributed by atoms with Crippen LogP contribution in [0.3, 0.4) is 0 Å². The number of carbonyl (C=O) groups is 14. The number of aliphatic hydroxyl groups excluding tert-OH is 3. The number of carboxylic acid groups (broad SMARTS) is 4. The first-order valence-corrected chi connectivity index (χ1v) is 22.4. The van der Waals surface area contributed by atoms with Gasteiger partial charge in [-0.3, -0.25) is 67.3 Å². The van der Waals surface area contributed by atoms with Crippen LogP contribution in [0.2, 0.25) is 0 Å². The molecular formula is C40H66N14O21. The molecule has 0 aromatic carbocycles. The molecule has 0 radical (unpaired) electrons. The Bertz CT molecular complexity index is 2140. The van der Waals surface area contributed by atoms with Gasteiger partial charge in [0.05, 0.1) is 37.6 Å². The normalized spacial score (nSPS) is 15.7. The Labute approximate surface area is 425 Å². The van der Waals surface area contributed by atoms with E-state index in [-0.39, 0.29) is 25.3 Å². The van der Waals surface area contributed by atoms with Gasteiger partial charge in [0.15, 0.2) is 12.0 Å². The van der Waals surface area contributed by atoms with Crippen molar-refractivity contribution in [1.29, 1.82) is 0 Å². The van der Waals surface area contributed by atoms with Crippen molar-refractivity contribution in [3.8, 4) is 0 Å². The summed E-state index contributed by atoms with van der Waals surface area (Å²) < 4.78 is 0. The van der Waals surface area contributed by atoms with Crippen molar-refractivity contribution in [2.45, 2.75) is 151 Å². The second-order valence-corrected chi connectivity index (χ2v) is 16.7. The quantitative estimate of drug-likeness (QED) is 0.0157. The van der Waals surface area contributed by atoms with Crippen LogP contribution in [0.25, 0.3) is 0 Å². The standard InChI is InChI=1S/C40H66N14O21/c1-14(55)28(43)37(72)52-21(12-26(62)63)35(70)48-19(7-9-25(60)61)32(67)50-20(11-24(42)59)34(69)51-22(13-27(64)65)36(71)53-29(15(2)56)38(73)49-18(6-8-23(41)58)31(66)47-17(5-4-10-46-40(44)45)33(68)54-30(16(3)57)39(74)75/h14-22,28-30,55-57H,4-13,43H2,1-3H3,(H2,41,58)(H2,42,59)(H,47,66)(H,48,70)(H,49,73)(H,50,67)(H,51,69)(H,52,72)(H,53,71)(H,54,68)(H,60,61)(H,62,63)(H,64,65)(H,74,75)(H4,44,45,46)/t14-,15-,16-,17+,18+,19+,20+,21+,22+,28+,29+,30+/m1/s1. The second kappa shape index (κ2) is 32.7. The number of rotatable bonds is 36. The maximum atomic E-state index is 13.7. The molecule has 0 rings (SSSR count). The summed E-state index contributed by atoms with van der Waals surface area (Å²) in [5, 5.41) is 84.1. The van der Waals surface area contributed by atoms with Crippen molar-refractivity contribution in [3.63, 3.8) is 0 Å². The molecule has 0 fully saturated rings. The first-order chi connectivity index (χ1) is 34.7. The predicted molar refractivity (Wildman–Crippen MR) is 250 cm³/mol. The van der Waals surface area contributed by atoms with Gasteiger partial charge in [-0.05, 0) is 46.5 Å². The summed E-state index contributed by atoms with van der Waals surface area (Å²) in [5.41, 5.74) is 26.7. The summed E-state index contributed by atoms with van der Waals surface area (Å²) >= 11 is 0. The molecular weight excluding hydrogens is 1010 g/mol. The molecule has 0 bridgehead atoms. The number of carbonyl (C=O) groups excluding carboxylic acids is 10. The first kappa shape index (κ1) is 66.7. The molecule has 35 nitrogen and oxygen atoms in total. The van der Waals surface area contributed by atoms with Crippen molar-refractivity contribution < 1.29 is 103 Å². The minimum Gasteiger partial charge on any atom is -0.481 e. The van der Waals surface area contributed by atoms with Crippen LogP contribution >= 0.6 is 0 Å². The van der Waals surface area contributed by atoms with E-state index in [1.807, 2.05) is 31.9 Å². The lowest BCUT2D eigenvalue weighted by Gasteiger charge is -2.28. The van der Waals surface area contributed by atoms with Crippen molar-refractivity contribution >= 4 is 88.9 Å². The van der Waals surface area contributed by atoms with Crippen molar-refractivity contribution in [1.82, 2.24) is 42.5 Å². The maximum absolute atomic E-state index is 13.7. The van der Waals surface area contributed by atoms with Crippen LogP contribution in [-0.2, 0) is 67.1 Å². The van der Waals surface area contributed by atoms with Gasteiger partial charge < -0.3 is 107 Å². The number of guanidine groups is 1. The number of nitrogens with two attached hydrogens (primary N) is 5. The molecule has 10 amide bonds. The monoisotopic (exact) mass is 1080 g/mol. The summed E-state index contributed by atoms with van der Waals surface area (Å²) in [4.78, 5) is 181. The Morgan fingerprint density at radius 2 is 0.773 bits per heavy atom. The molecule has 35 heteroatoms. The topological polar surface area (TPSA) is 619 Å². The highest BCUT2D eigenvalue weighted by molar-refractivity contribution is 6.00. The zero-order valence-corrected chi connectivity index (χ0v) is 40.7. The van der Waals surface area contributed by atoms with E-state index in [1.165, 1.54) is 0 Å². The molecule has 0 spiro atoms. The third-order valence-corrected chi connectivity index (χ3v) is 10.2. The number of hydrogen-bond donors (Lipinski definition) is 20. The molecule has 0 aromatic heterocycles. The predicted octanol–water partition coefficient (Wildman–Crippen LogP) is -10.6. The van der Waals surface area contributed by atoms with Crippen LogP contribution in [-0.4, -0.2) is 204 Å². The molecule has 0 heterocycles. The Hall–Kier alpha value is -8.31. The van der Waals surface area contributed by atoms with Gasteiger partial charge in [-0.15, -0.1) is 0 Å². The van der Waals surface area contributed by atoms with E-state index in [9.17, 15) is 103 Å². The average molecular weight is 1080 g/mol. The Morgan fingerprint density at radius 1 is 0.413 bits per heavy atom. The van der Waals surface area contributed by atoms with Gasteiger partial charge in [0.2, 0.25) is 59.1 Å². The molecule has 422 valence electrons. The summed E-state index contributed by atoms with van der Waals surface area (Å²) in [6, 6.07) is -17.7. The number of carboxylic acids is 4. The van der Waals surface area contributed by atoms with Gasteiger partial charge in [0, 0.05) is 19.4 Å². The van der Waals surface area contributed by atoms with E-state index < -0.39 is 201 Å². The molecule has 0 unspecified atom stereocenters. The lowest BCUT2D eigenvalue weighted by atomic mass is 10.0. The van der Waals surface area contributed by atoms with Crippen LogP contribution in [0.15, 0.2) is 4.99 Å². The van der Waals surface area contributed by atoms with Gasteiger partial charge in [-0.25, -0.2) is 4.79 Å². The highest BCUT2D eigenvalue weighted by atomic mass is 16.4. The number of primary amides is 2. The van der Waals surface area contributed by atoms with E-state index in [0.29, 0.717) is 0 Å². The van der Waals surface area contributed by atoms with Gasteiger partial charge in [0.1, 0.15) is 48.3 Å². The molecule has 0 saturated heterocycles. The molecule has 25 N–H and O–H groups in total. The number of aliphatic hydroxyl groups is 3. The van der Waals surface area contributed by atoms with E-state index in [4.69, 9.17) is 28.7 Å². The highest BCUT2D eigenvalue weighted by Crippen LogP contribution is 2.09. The van der Waals surface area contributed by atoms with Crippen molar-refractivity contribution in [2.24, 2.45) is 33.7 Å². The minimum absolute atomic E-state index is 0.0338. The third kappa shape index (κ3) is 26.3. The summed E-state index contributed by atoms with van der Waals surface area (Å²) in [7, 11) is 0. The molecule has 0 aromatic rings. The molecule has 0 aliphatic carbocycles. The first-order valence-electron chi connectivity index (χ1n) is 22.4. The summed E-state index contributed by atoms with van der Waals surface area (Å²) in [5.74, 6) is -20.4. The molecule has 75 heavy (non-hydrogen) atoms. The van der Waals surface area contributed by atoms with Gasteiger partial charge in [-0.2, -0.15) is 0 Å². The number of amides is 10. The van der Waals surface area contributed by atoms with E-state index >= 15 is 0 Å². The van der Waals surface area contributed by atoms with Gasteiger partial charge >= 0.3 is 23.9 Å². The average Bonchev–Trinajstić information content (AvgIpc) is 3.28. The minimum atomic E-state index is -2.27. The molecule has 0 aliphatic rings. The van der Waals surface area contributed by atoms with Crippen LogP contribution in [0, 0.1) is 0 Å². The highest BCUT2D eigenvalue weighted by Gasteiger charge is 2.38. The van der Waals surface area contributed by atoms with Crippen molar-refractivity contribution in [3.05, 3.63) is 0 Å². The number of aliphatic carboxylic acids is 4. The van der Waals surface area contributed by atoms with Gasteiger partial charge in [0.25, 0.3) is 0 Å². The maximum Gasteiger partial charge on any atom is 0.328 e. The molecule has 0 saturated carbocycles. The number of aliphatic imine (C=N–C) groups is 1. The zero-order chi connectivity index (χ0) is 58.0. The lowest BCUT2D eigenvalue weighted by Crippen LogP contribution is -2.62. The summed E-state index contributed by atoms with van der Waals surface area (Å²) in [6.45, 7) is 2.95. The Balaban J connectivity index is 6.80. The molecule has 0 aliphatic heterocycles. The Kier molecular flexibility index (Phi) is 29.1. The van der Waals surface area contributed by atoms with E-state index in [0.717, 1.165) is 20.8 Å².